The third-order valence-electron chi connectivity index (χ3n) is 5.07. The first kappa shape index (κ1) is 16.0. The Bertz CT molecular complexity index is 761. The van der Waals surface area contributed by atoms with Crippen molar-refractivity contribution >= 4 is 23.4 Å². The van der Waals surface area contributed by atoms with Crippen LogP contribution in [0.5, 0.6) is 0 Å². The number of fused-ring (bicyclic) bond motifs is 1. The van der Waals surface area contributed by atoms with E-state index in [4.69, 9.17) is 0 Å². The van der Waals surface area contributed by atoms with Gasteiger partial charge in [0.2, 0.25) is 11.8 Å². The molecule has 3 amide bonds. The van der Waals surface area contributed by atoms with E-state index in [0.29, 0.717) is 36.3 Å². The number of amides is 3. The lowest BCUT2D eigenvalue weighted by Crippen LogP contribution is -2.52. The number of rotatable bonds is 2. The fraction of sp³-hybridized carbons (Fsp3) is 0.471. The minimum Gasteiger partial charge on any atom is -0.366 e. The predicted octanol–water partition coefficient (Wildman–Crippen LogP) is -0.00370. The van der Waals surface area contributed by atoms with Crippen LogP contribution in [0.4, 0.5) is 10.1 Å². The highest BCUT2D eigenvalue weighted by Crippen LogP contribution is 2.36. The summed E-state index contributed by atoms with van der Waals surface area (Å²) in [6.45, 7) is 3.04. The van der Waals surface area contributed by atoms with Crippen LogP contribution in [0, 0.1) is 5.82 Å². The highest BCUT2D eigenvalue weighted by atomic mass is 19.1. The quantitative estimate of drug-likeness (QED) is 0.737. The molecule has 2 N–H and O–H groups in total. The Labute approximate surface area is 144 Å². The van der Waals surface area contributed by atoms with Gasteiger partial charge < -0.3 is 15.1 Å². The number of carbonyl (C=O) groups is 3. The van der Waals surface area contributed by atoms with Crippen molar-refractivity contribution < 1.29 is 18.8 Å². The zero-order chi connectivity index (χ0) is 17.6. The van der Waals surface area contributed by atoms with Crippen LogP contribution in [0.15, 0.2) is 12.1 Å². The summed E-state index contributed by atoms with van der Waals surface area (Å²) in [6.07, 6.45) is 0.505. The van der Waals surface area contributed by atoms with Crippen LogP contribution in [0.2, 0.25) is 0 Å². The molecule has 3 heterocycles. The maximum atomic E-state index is 14.5. The zero-order valence-corrected chi connectivity index (χ0v) is 13.7. The van der Waals surface area contributed by atoms with Crippen molar-refractivity contribution in [1.29, 1.82) is 0 Å². The monoisotopic (exact) mass is 346 g/mol. The first-order valence-electron chi connectivity index (χ1n) is 8.48. The van der Waals surface area contributed by atoms with Crippen molar-refractivity contribution in [2.24, 2.45) is 0 Å². The number of benzene rings is 1. The number of carbonyl (C=O) groups excluding carboxylic acids is 3. The smallest absolute Gasteiger partial charge is 0.255 e. The maximum absolute atomic E-state index is 14.5. The minimum absolute atomic E-state index is 0.192. The lowest BCUT2D eigenvalue weighted by Gasteiger charge is -2.32. The number of imide groups is 1. The molecule has 1 aromatic rings. The molecule has 7 nitrogen and oxygen atoms in total. The van der Waals surface area contributed by atoms with Gasteiger partial charge in [0, 0.05) is 50.3 Å². The summed E-state index contributed by atoms with van der Waals surface area (Å²) in [7, 11) is 0. The zero-order valence-electron chi connectivity index (χ0n) is 13.7. The van der Waals surface area contributed by atoms with E-state index in [0.717, 1.165) is 13.1 Å². The van der Waals surface area contributed by atoms with Gasteiger partial charge in [-0.3, -0.25) is 19.7 Å². The molecule has 1 aromatic carbocycles. The number of nitrogens with one attached hydrogen (secondary N) is 2. The standard InChI is InChI=1S/C17H19FN4O3/c18-12-2-1-10-11(15(12)21-7-5-19-6-8-21)9-22(17(10)25)13-3-4-14(23)20-16(13)24/h1-2,13,19H,3-9H2,(H,20,23,24). The molecule has 0 radical (unpaired) electrons. The van der Waals surface area contributed by atoms with Crippen molar-refractivity contribution in [2.75, 3.05) is 31.1 Å². The van der Waals surface area contributed by atoms with E-state index < -0.39 is 11.9 Å². The van der Waals surface area contributed by atoms with E-state index in [-0.39, 0.29) is 30.6 Å². The van der Waals surface area contributed by atoms with Gasteiger partial charge in [0.15, 0.2) is 0 Å². The Morgan fingerprint density at radius 1 is 1.12 bits per heavy atom. The number of hydrogen-bond donors (Lipinski definition) is 2. The Morgan fingerprint density at radius 3 is 2.60 bits per heavy atom. The van der Waals surface area contributed by atoms with Gasteiger partial charge in [0.05, 0.1) is 5.69 Å². The van der Waals surface area contributed by atoms with Gasteiger partial charge >= 0.3 is 0 Å². The molecular formula is C17H19FN4O3. The largest absolute Gasteiger partial charge is 0.366 e. The van der Waals surface area contributed by atoms with Crippen molar-refractivity contribution in [2.45, 2.75) is 25.4 Å². The molecular weight excluding hydrogens is 327 g/mol. The van der Waals surface area contributed by atoms with Crippen LogP contribution in [0.3, 0.4) is 0 Å². The summed E-state index contributed by atoms with van der Waals surface area (Å²) < 4.78 is 14.5. The highest BCUT2D eigenvalue weighted by Gasteiger charge is 2.41. The van der Waals surface area contributed by atoms with E-state index in [1.807, 2.05) is 4.90 Å². The van der Waals surface area contributed by atoms with E-state index in [9.17, 15) is 18.8 Å². The second kappa shape index (κ2) is 6.11. The Hall–Kier alpha value is -2.48. The summed E-state index contributed by atoms with van der Waals surface area (Å²) >= 11 is 0. The van der Waals surface area contributed by atoms with Gasteiger partial charge in [-0.05, 0) is 18.6 Å². The molecule has 2 fully saturated rings. The second-order valence-electron chi connectivity index (χ2n) is 6.56. The third kappa shape index (κ3) is 2.66. The van der Waals surface area contributed by atoms with Crippen LogP contribution < -0.4 is 15.5 Å². The summed E-state index contributed by atoms with van der Waals surface area (Å²) in [5, 5.41) is 5.50. The summed E-state index contributed by atoms with van der Waals surface area (Å²) in [5.41, 5.74) is 1.54. The van der Waals surface area contributed by atoms with Crippen LogP contribution in [0.25, 0.3) is 0 Å². The van der Waals surface area contributed by atoms with Crippen LogP contribution >= 0.6 is 0 Å². The van der Waals surface area contributed by atoms with Crippen LogP contribution in [-0.2, 0) is 16.1 Å². The lowest BCUT2D eigenvalue weighted by molar-refractivity contribution is -0.136. The average Bonchev–Trinajstić information content (AvgIpc) is 2.92. The molecule has 1 atom stereocenters. The van der Waals surface area contributed by atoms with Crippen molar-refractivity contribution in [3.8, 4) is 0 Å². The van der Waals surface area contributed by atoms with E-state index in [2.05, 4.69) is 10.6 Å². The number of piperazine rings is 1. The van der Waals surface area contributed by atoms with Gasteiger partial charge in [-0.1, -0.05) is 0 Å². The third-order valence-corrected chi connectivity index (χ3v) is 5.07. The van der Waals surface area contributed by atoms with Crippen molar-refractivity contribution in [1.82, 2.24) is 15.5 Å². The predicted molar refractivity (Wildman–Crippen MR) is 87.5 cm³/mol. The van der Waals surface area contributed by atoms with Gasteiger partial charge in [-0.15, -0.1) is 0 Å². The first-order chi connectivity index (χ1) is 12.1. The summed E-state index contributed by atoms with van der Waals surface area (Å²) in [5.74, 6) is -1.40. The molecule has 3 aliphatic heterocycles. The number of hydrogen-bond acceptors (Lipinski definition) is 5. The van der Waals surface area contributed by atoms with E-state index >= 15 is 0 Å². The lowest BCUT2D eigenvalue weighted by atomic mass is 10.0. The summed E-state index contributed by atoms with van der Waals surface area (Å²) in [6, 6.07) is 2.13. The fourth-order valence-corrected chi connectivity index (χ4v) is 3.83. The molecule has 25 heavy (non-hydrogen) atoms. The number of anilines is 1. The molecule has 0 spiro atoms. The van der Waals surface area contributed by atoms with Crippen molar-refractivity contribution in [3.63, 3.8) is 0 Å². The fourth-order valence-electron chi connectivity index (χ4n) is 3.83. The van der Waals surface area contributed by atoms with Crippen LogP contribution in [-0.4, -0.2) is 54.8 Å². The molecule has 0 saturated carbocycles. The molecule has 2 saturated heterocycles. The Balaban J connectivity index is 1.67. The molecule has 4 rings (SSSR count). The molecule has 132 valence electrons. The SMILES string of the molecule is O=C1CCC(N2Cc3c(ccc(F)c3N3CCNCC3)C2=O)C(=O)N1. The number of nitrogens with zero attached hydrogens (tertiary/aromatic N) is 2. The molecule has 3 aliphatic rings. The van der Waals surface area contributed by atoms with E-state index in [1.165, 1.54) is 17.0 Å². The molecule has 0 bridgehead atoms. The van der Waals surface area contributed by atoms with Crippen LogP contribution in [0.1, 0.15) is 28.8 Å². The normalized spacial score (nSPS) is 23.7. The molecule has 0 aromatic heterocycles. The second-order valence-corrected chi connectivity index (χ2v) is 6.56. The average molecular weight is 346 g/mol. The summed E-state index contributed by atoms with van der Waals surface area (Å²) in [4.78, 5) is 39.6. The molecule has 0 aliphatic carbocycles. The topological polar surface area (TPSA) is 81.8 Å². The van der Waals surface area contributed by atoms with Crippen molar-refractivity contribution in [3.05, 3.63) is 29.1 Å². The number of piperidine rings is 1. The molecule has 8 heteroatoms. The first-order valence-corrected chi connectivity index (χ1v) is 8.48. The Morgan fingerprint density at radius 2 is 1.88 bits per heavy atom. The van der Waals surface area contributed by atoms with Gasteiger partial charge in [0.1, 0.15) is 11.9 Å². The highest BCUT2D eigenvalue weighted by molar-refractivity contribution is 6.06. The minimum atomic E-state index is -0.684. The number of halogens is 1. The van der Waals surface area contributed by atoms with E-state index in [1.54, 1.807) is 0 Å². The van der Waals surface area contributed by atoms with Gasteiger partial charge in [-0.25, -0.2) is 4.39 Å². The van der Waals surface area contributed by atoms with Gasteiger partial charge in [0.25, 0.3) is 5.91 Å². The van der Waals surface area contributed by atoms with Gasteiger partial charge in [-0.2, -0.15) is 0 Å². The Kier molecular flexibility index (Phi) is 3.91. The molecule has 1 unspecified atom stereocenters. The maximum Gasteiger partial charge on any atom is 0.255 e.